The highest BCUT2D eigenvalue weighted by Gasteiger charge is 2.37. The minimum absolute atomic E-state index is 0. The summed E-state index contributed by atoms with van der Waals surface area (Å²) in [6.45, 7) is 5.34. The Morgan fingerprint density at radius 1 is 1.03 bits per heavy atom. The molecule has 0 radical (unpaired) electrons. The van der Waals surface area contributed by atoms with Crippen LogP contribution in [0.25, 0.3) is 0 Å². The Kier molecular flexibility index (Phi) is 8.30. The first-order valence-electron chi connectivity index (χ1n) is 10.4. The van der Waals surface area contributed by atoms with Crippen LogP contribution in [0.15, 0.2) is 78.0 Å². The zero-order valence-corrected chi connectivity index (χ0v) is 19.7. The number of halogens is 1. The largest absolute Gasteiger partial charge is 0.357 e. The van der Waals surface area contributed by atoms with Gasteiger partial charge in [0.1, 0.15) is 0 Å². The van der Waals surface area contributed by atoms with Crippen molar-refractivity contribution in [3.05, 3.63) is 89.7 Å². The van der Waals surface area contributed by atoms with Crippen LogP contribution in [0, 0.1) is 5.92 Å². The van der Waals surface area contributed by atoms with E-state index in [4.69, 9.17) is 4.99 Å². The van der Waals surface area contributed by atoms with Gasteiger partial charge in [-0.3, -0.25) is 4.68 Å². The van der Waals surface area contributed by atoms with E-state index >= 15 is 0 Å². The number of hydrogen-bond acceptors (Lipinski definition) is 2. The predicted octanol–water partition coefficient (Wildman–Crippen LogP) is 4.41. The summed E-state index contributed by atoms with van der Waals surface area (Å²) in [5.41, 5.74) is 3.93. The van der Waals surface area contributed by atoms with Crippen molar-refractivity contribution in [2.24, 2.45) is 10.9 Å². The van der Waals surface area contributed by atoms with Crippen LogP contribution < -0.4 is 10.6 Å². The highest BCUT2D eigenvalue weighted by atomic mass is 127. The highest BCUT2D eigenvalue weighted by molar-refractivity contribution is 14.0. The smallest absolute Gasteiger partial charge is 0.191 e. The van der Waals surface area contributed by atoms with Gasteiger partial charge < -0.3 is 10.6 Å². The van der Waals surface area contributed by atoms with Crippen molar-refractivity contribution in [3.8, 4) is 0 Å². The van der Waals surface area contributed by atoms with Crippen LogP contribution in [-0.4, -0.2) is 28.8 Å². The van der Waals surface area contributed by atoms with Crippen LogP contribution in [0.3, 0.4) is 0 Å². The summed E-state index contributed by atoms with van der Waals surface area (Å²) < 4.78 is 1.95. The van der Waals surface area contributed by atoms with E-state index in [1.807, 2.05) is 23.1 Å². The molecule has 0 aliphatic heterocycles. The Bertz CT molecular complexity index is 924. The number of benzene rings is 2. The van der Waals surface area contributed by atoms with E-state index in [9.17, 15) is 0 Å². The van der Waals surface area contributed by atoms with Gasteiger partial charge in [-0.2, -0.15) is 5.10 Å². The molecule has 158 valence electrons. The second-order valence-corrected chi connectivity index (χ2v) is 7.56. The molecule has 2 aromatic carbocycles. The number of nitrogens with zero attached hydrogens (tertiary/aromatic N) is 3. The lowest BCUT2D eigenvalue weighted by Crippen LogP contribution is -2.38. The van der Waals surface area contributed by atoms with E-state index in [1.165, 1.54) is 23.1 Å². The average Bonchev–Trinajstić information content (AvgIpc) is 3.36. The third-order valence-corrected chi connectivity index (χ3v) is 5.44. The molecule has 1 aromatic heterocycles. The molecule has 30 heavy (non-hydrogen) atoms. The van der Waals surface area contributed by atoms with Crippen molar-refractivity contribution in [3.63, 3.8) is 0 Å². The number of guanidine groups is 1. The summed E-state index contributed by atoms with van der Waals surface area (Å²) in [5, 5.41) is 11.2. The van der Waals surface area contributed by atoms with Gasteiger partial charge in [-0.15, -0.1) is 24.0 Å². The van der Waals surface area contributed by atoms with Gasteiger partial charge in [0.15, 0.2) is 5.96 Å². The zero-order valence-electron chi connectivity index (χ0n) is 17.4. The zero-order chi connectivity index (χ0) is 19.9. The minimum atomic E-state index is 0. The van der Waals surface area contributed by atoms with Crippen molar-refractivity contribution in [1.82, 2.24) is 20.4 Å². The van der Waals surface area contributed by atoms with E-state index in [2.05, 4.69) is 77.3 Å². The lowest BCUT2D eigenvalue weighted by Gasteiger charge is -2.13. The normalized spacial score (nSPS) is 17.8. The van der Waals surface area contributed by atoms with Crippen LogP contribution in [0.4, 0.5) is 0 Å². The van der Waals surface area contributed by atoms with Gasteiger partial charge in [0.25, 0.3) is 0 Å². The molecule has 1 fully saturated rings. The number of hydrogen-bond donors (Lipinski definition) is 2. The van der Waals surface area contributed by atoms with Crippen molar-refractivity contribution in [2.45, 2.75) is 32.4 Å². The van der Waals surface area contributed by atoms with E-state index in [0.717, 1.165) is 25.6 Å². The number of nitrogens with one attached hydrogen (secondary N) is 2. The summed E-state index contributed by atoms with van der Waals surface area (Å²) in [6.07, 6.45) is 5.06. The number of aliphatic imine (C=N–C) groups is 1. The number of rotatable bonds is 8. The quantitative estimate of drug-likeness (QED) is 0.266. The summed E-state index contributed by atoms with van der Waals surface area (Å²) in [5.74, 6) is 2.26. The van der Waals surface area contributed by atoms with Gasteiger partial charge in [-0.1, -0.05) is 54.6 Å². The molecule has 3 aromatic rings. The fraction of sp³-hybridized carbons (Fsp3) is 0.333. The lowest BCUT2D eigenvalue weighted by atomic mass is 10.1. The summed E-state index contributed by atoms with van der Waals surface area (Å²) in [4.78, 5) is 4.84. The van der Waals surface area contributed by atoms with Gasteiger partial charge in [0.2, 0.25) is 0 Å². The molecule has 5 nitrogen and oxygen atoms in total. The molecule has 2 unspecified atom stereocenters. The highest BCUT2D eigenvalue weighted by Crippen LogP contribution is 2.46. The fourth-order valence-electron chi connectivity index (χ4n) is 3.75. The van der Waals surface area contributed by atoms with Crippen molar-refractivity contribution in [1.29, 1.82) is 0 Å². The molecule has 1 saturated carbocycles. The van der Waals surface area contributed by atoms with Crippen LogP contribution in [0.5, 0.6) is 0 Å². The van der Waals surface area contributed by atoms with Gasteiger partial charge in [0, 0.05) is 25.5 Å². The summed E-state index contributed by atoms with van der Waals surface area (Å²) in [6, 6.07) is 21.2. The molecule has 0 amide bonds. The first-order chi connectivity index (χ1) is 14.3. The molecule has 6 heteroatoms. The maximum atomic E-state index is 4.84. The fourth-order valence-corrected chi connectivity index (χ4v) is 3.75. The van der Waals surface area contributed by atoms with E-state index in [1.54, 1.807) is 0 Å². The maximum absolute atomic E-state index is 4.84. The summed E-state index contributed by atoms with van der Waals surface area (Å²) in [7, 11) is 0. The van der Waals surface area contributed by atoms with E-state index < -0.39 is 0 Å². The molecule has 4 rings (SSSR count). The van der Waals surface area contributed by atoms with Gasteiger partial charge in [-0.05, 0) is 47.9 Å². The SMILES string of the molecule is CCNC(=NCc1ccccc1Cn1cccn1)NCC1CC1c1ccccc1.I. The Balaban J connectivity index is 0.00000256. The topological polar surface area (TPSA) is 54.2 Å². The molecule has 0 spiro atoms. The van der Waals surface area contributed by atoms with Gasteiger partial charge >= 0.3 is 0 Å². The Labute approximate surface area is 196 Å². The van der Waals surface area contributed by atoms with Gasteiger partial charge in [0.05, 0.1) is 13.1 Å². The Morgan fingerprint density at radius 3 is 2.53 bits per heavy atom. The molecule has 2 atom stereocenters. The Hall–Kier alpha value is -2.35. The molecule has 0 bridgehead atoms. The molecular weight excluding hydrogens is 485 g/mol. The minimum Gasteiger partial charge on any atom is -0.357 e. The average molecular weight is 515 g/mol. The van der Waals surface area contributed by atoms with Crippen molar-refractivity contribution < 1.29 is 0 Å². The van der Waals surface area contributed by atoms with Crippen LogP contribution >= 0.6 is 24.0 Å². The maximum Gasteiger partial charge on any atom is 0.191 e. The molecule has 1 aliphatic rings. The van der Waals surface area contributed by atoms with Crippen LogP contribution in [0.1, 0.15) is 36.0 Å². The predicted molar refractivity (Wildman–Crippen MR) is 133 cm³/mol. The standard InChI is InChI=1S/C24H29N5.HI/c1-2-25-24(27-17-22-15-23(22)19-9-4-3-5-10-19)26-16-20-11-6-7-12-21(20)18-29-14-8-13-28-29;/h3-14,22-23H,2,15-18H2,1H3,(H2,25,26,27);1H. The number of aromatic nitrogens is 2. The van der Waals surface area contributed by atoms with Gasteiger partial charge in [-0.25, -0.2) is 4.99 Å². The van der Waals surface area contributed by atoms with Crippen LogP contribution in [0.2, 0.25) is 0 Å². The van der Waals surface area contributed by atoms with E-state index in [-0.39, 0.29) is 24.0 Å². The second-order valence-electron chi connectivity index (χ2n) is 7.56. The monoisotopic (exact) mass is 515 g/mol. The summed E-state index contributed by atoms with van der Waals surface area (Å²) >= 11 is 0. The van der Waals surface area contributed by atoms with Crippen LogP contribution in [-0.2, 0) is 13.1 Å². The molecule has 0 saturated heterocycles. The second kappa shape index (κ2) is 11.2. The molecule has 1 aliphatic carbocycles. The lowest BCUT2D eigenvalue weighted by molar-refractivity contribution is 0.680. The van der Waals surface area contributed by atoms with Crippen molar-refractivity contribution >= 4 is 29.9 Å². The first-order valence-corrected chi connectivity index (χ1v) is 10.4. The molecule has 2 N–H and O–H groups in total. The first kappa shape index (κ1) is 22.3. The van der Waals surface area contributed by atoms with E-state index in [0.29, 0.717) is 18.4 Å². The third kappa shape index (κ3) is 6.08. The molecular formula is C24H30IN5. The Morgan fingerprint density at radius 2 is 1.80 bits per heavy atom. The molecule has 1 heterocycles. The van der Waals surface area contributed by atoms with Crippen molar-refractivity contribution in [2.75, 3.05) is 13.1 Å². The third-order valence-electron chi connectivity index (χ3n) is 5.44.